The van der Waals surface area contributed by atoms with Crippen LogP contribution in [0.15, 0.2) is 22.7 Å². The maximum atomic E-state index is 9.49. The van der Waals surface area contributed by atoms with Gasteiger partial charge in [-0.1, -0.05) is 22.0 Å². The van der Waals surface area contributed by atoms with Crippen LogP contribution in [-0.4, -0.2) is 23.4 Å². The Kier molecular flexibility index (Phi) is 2.95. The zero-order valence-electron chi connectivity index (χ0n) is 8.20. The Morgan fingerprint density at radius 1 is 1.43 bits per heavy atom. The van der Waals surface area contributed by atoms with Crippen LogP contribution >= 0.6 is 15.9 Å². The number of nitrogens with zero attached hydrogens (tertiary/aromatic N) is 1. The lowest BCUT2D eigenvalue weighted by Gasteiger charge is -2.29. The maximum absolute atomic E-state index is 9.49. The number of hydrogen-bond acceptors (Lipinski definition) is 2. The van der Waals surface area contributed by atoms with Gasteiger partial charge in [-0.2, -0.15) is 0 Å². The fourth-order valence-electron chi connectivity index (χ4n) is 1.87. The highest BCUT2D eigenvalue weighted by Crippen LogP contribution is 2.22. The summed E-state index contributed by atoms with van der Waals surface area (Å²) in [5.41, 5.74) is 2.73. The Bertz CT molecular complexity index is 343. The van der Waals surface area contributed by atoms with Crippen molar-refractivity contribution in [2.24, 2.45) is 0 Å². The third-order valence-electron chi connectivity index (χ3n) is 2.74. The van der Waals surface area contributed by atoms with Gasteiger partial charge < -0.3 is 9.83 Å². The van der Waals surface area contributed by atoms with Crippen molar-refractivity contribution in [1.82, 2.24) is 4.81 Å². The van der Waals surface area contributed by atoms with E-state index >= 15 is 0 Å². The van der Waals surface area contributed by atoms with E-state index in [1.807, 2.05) is 6.82 Å². The van der Waals surface area contributed by atoms with Gasteiger partial charge in [-0.3, -0.25) is 0 Å². The molecule has 0 fully saturated rings. The molecule has 0 aromatic heterocycles. The number of fused-ring (bicyclic) bond motifs is 1. The van der Waals surface area contributed by atoms with Gasteiger partial charge in [0.2, 0.25) is 0 Å². The summed E-state index contributed by atoms with van der Waals surface area (Å²) in [7, 11) is -0.345. The van der Waals surface area contributed by atoms with Crippen LogP contribution in [0.25, 0.3) is 0 Å². The molecule has 0 aliphatic carbocycles. The molecule has 2 rings (SSSR count). The molecule has 14 heavy (non-hydrogen) atoms. The van der Waals surface area contributed by atoms with Gasteiger partial charge in [-0.15, -0.1) is 0 Å². The van der Waals surface area contributed by atoms with E-state index in [1.54, 1.807) is 0 Å². The van der Waals surface area contributed by atoms with Crippen molar-refractivity contribution in [2.75, 3.05) is 6.54 Å². The van der Waals surface area contributed by atoms with E-state index < -0.39 is 0 Å². The van der Waals surface area contributed by atoms with Gasteiger partial charge in [0.15, 0.2) is 0 Å². The summed E-state index contributed by atoms with van der Waals surface area (Å²) < 4.78 is 1.11. The summed E-state index contributed by atoms with van der Waals surface area (Å²) in [6.45, 7) is 3.63. The Morgan fingerprint density at radius 2 is 2.21 bits per heavy atom. The van der Waals surface area contributed by atoms with Gasteiger partial charge in [-0.25, -0.2) is 0 Å². The van der Waals surface area contributed by atoms with E-state index in [4.69, 9.17) is 0 Å². The molecule has 0 unspecified atom stereocenters. The van der Waals surface area contributed by atoms with Crippen LogP contribution in [0.3, 0.4) is 0 Å². The molecule has 74 valence electrons. The largest absolute Gasteiger partial charge is 0.437 e. The Labute approximate surface area is 93.2 Å². The van der Waals surface area contributed by atoms with Crippen molar-refractivity contribution in [2.45, 2.75) is 19.8 Å². The molecule has 4 heteroatoms. The monoisotopic (exact) mass is 253 g/mol. The average molecular weight is 254 g/mol. The van der Waals surface area contributed by atoms with Gasteiger partial charge in [0.05, 0.1) is 0 Å². The quantitative estimate of drug-likeness (QED) is 0.774. The second-order valence-electron chi connectivity index (χ2n) is 3.77. The lowest BCUT2D eigenvalue weighted by molar-refractivity contribution is 0.347. The minimum Gasteiger partial charge on any atom is -0.437 e. The van der Waals surface area contributed by atoms with Gasteiger partial charge in [0.1, 0.15) is 0 Å². The molecule has 0 bridgehead atoms. The van der Waals surface area contributed by atoms with Crippen molar-refractivity contribution >= 4 is 23.0 Å². The van der Waals surface area contributed by atoms with Crippen molar-refractivity contribution in [1.29, 1.82) is 0 Å². The smallest absolute Gasteiger partial charge is 0.376 e. The third-order valence-corrected chi connectivity index (χ3v) is 3.23. The number of benzene rings is 1. The SMILES string of the molecule is CB(O)N1CCc2ccc(Br)cc2C1. The third kappa shape index (κ3) is 2.02. The molecule has 0 saturated heterocycles. The van der Waals surface area contributed by atoms with Crippen LogP contribution in [0.5, 0.6) is 0 Å². The molecule has 1 aliphatic rings. The van der Waals surface area contributed by atoms with Crippen molar-refractivity contribution in [3.63, 3.8) is 0 Å². The van der Waals surface area contributed by atoms with Gasteiger partial charge in [0.25, 0.3) is 0 Å². The molecule has 1 N–H and O–H groups in total. The molecule has 2 nitrogen and oxygen atoms in total. The van der Waals surface area contributed by atoms with Crippen LogP contribution in [0.2, 0.25) is 6.82 Å². The molecule has 0 atom stereocenters. The summed E-state index contributed by atoms with van der Waals surface area (Å²) in [5.74, 6) is 0. The second kappa shape index (κ2) is 4.05. The summed E-state index contributed by atoms with van der Waals surface area (Å²) >= 11 is 3.47. The maximum Gasteiger partial charge on any atom is 0.376 e. The molecule has 1 aromatic rings. The zero-order valence-corrected chi connectivity index (χ0v) is 9.79. The van der Waals surface area contributed by atoms with Crippen molar-refractivity contribution in [3.8, 4) is 0 Å². The molecule has 0 radical (unpaired) electrons. The number of halogens is 1. The fourth-order valence-corrected chi connectivity index (χ4v) is 2.27. The topological polar surface area (TPSA) is 23.5 Å². The standard InChI is InChI=1S/C10H13BBrNO/c1-11(14)13-5-4-8-2-3-10(12)6-9(8)7-13/h2-3,6,14H,4-5,7H2,1H3. The molecule has 0 saturated carbocycles. The van der Waals surface area contributed by atoms with Gasteiger partial charge in [-0.05, 0) is 43.0 Å². The first-order valence-corrected chi connectivity index (χ1v) is 5.65. The summed E-state index contributed by atoms with van der Waals surface area (Å²) in [6, 6.07) is 6.39. The Balaban J connectivity index is 2.24. The van der Waals surface area contributed by atoms with Crippen LogP contribution in [-0.2, 0) is 13.0 Å². The summed E-state index contributed by atoms with van der Waals surface area (Å²) in [6.07, 6.45) is 1.04. The predicted molar refractivity (Wildman–Crippen MR) is 62.1 cm³/mol. The van der Waals surface area contributed by atoms with Gasteiger partial charge in [0, 0.05) is 11.0 Å². The minimum absolute atomic E-state index is 0.345. The van der Waals surface area contributed by atoms with Gasteiger partial charge >= 0.3 is 7.05 Å². The second-order valence-corrected chi connectivity index (χ2v) is 4.68. The average Bonchev–Trinajstić information content (AvgIpc) is 2.16. The summed E-state index contributed by atoms with van der Waals surface area (Å²) in [5, 5.41) is 9.49. The van der Waals surface area contributed by atoms with Crippen LogP contribution in [0, 0.1) is 0 Å². The fraction of sp³-hybridized carbons (Fsp3) is 0.400. The molecule has 1 heterocycles. The lowest BCUT2D eigenvalue weighted by atomic mass is 9.81. The first-order valence-electron chi connectivity index (χ1n) is 4.86. The van der Waals surface area contributed by atoms with Crippen LogP contribution < -0.4 is 0 Å². The van der Waals surface area contributed by atoms with E-state index in [9.17, 15) is 5.02 Å². The number of rotatable bonds is 1. The van der Waals surface area contributed by atoms with E-state index in [0.29, 0.717) is 0 Å². The minimum atomic E-state index is -0.345. The van der Waals surface area contributed by atoms with Crippen LogP contribution in [0.4, 0.5) is 0 Å². The lowest BCUT2D eigenvalue weighted by Crippen LogP contribution is -2.40. The normalized spacial score (nSPS) is 16.5. The van der Waals surface area contributed by atoms with Crippen molar-refractivity contribution in [3.05, 3.63) is 33.8 Å². The van der Waals surface area contributed by atoms with Crippen molar-refractivity contribution < 1.29 is 5.02 Å². The molecule has 1 aliphatic heterocycles. The van der Waals surface area contributed by atoms with E-state index in [0.717, 1.165) is 24.0 Å². The molecule has 0 spiro atoms. The highest BCUT2D eigenvalue weighted by atomic mass is 79.9. The Hall–Kier alpha value is -0.315. The number of hydrogen-bond donors (Lipinski definition) is 1. The van der Waals surface area contributed by atoms with Crippen LogP contribution in [0.1, 0.15) is 11.1 Å². The molecule has 1 aromatic carbocycles. The molecular weight excluding hydrogens is 241 g/mol. The zero-order chi connectivity index (χ0) is 10.1. The summed E-state index contributed by atoms with van der Waals surface area (Å²) in [4.78, 5) is 2.08. The van der Waals surface area contributed by atoms with E-state index in [-0.39, 0.29) is 7.05 Å². The molecular formula is C10H13BBrNO. The highest BCUT2D eigenvalue weighted by molar-refractivity contribution is 9.10. The first-order chi connectivity index (χ1) is 6.66. The predicted octanol–water partition coefficient (Wildman–Crippen LogP) is 1.92. The Morgan fingerprint density at radius 3 is 2.93 bits per heavy atom. The highest BCUT2D eigenvalue weighted by Gasteiger charge is 2.21. The first kappa shape index (κ1) is 10.2. The van der Waals surface area contributed by atoms with E-state index in [1.165, 1.54) is 11.1 Å². The molecule has 0 amide bonds. The van der Waals surface area contributed by atoms with E-state index in [2.05, 4.69) is 38.9 Å².